The van der Waals surface area contributed by atoms with Crippen LogP contribution >= 0.6 is 0 Å². The molecule has 138 valence electrons. The van der Waals surface area contributed by atoms with E-state index in [1.807, 2.05) is 0 Å². The van der Waals surface area contributed by atoms with Gasteiger partial charge in [-0.2, -0.15) is 0 Å². The minimum Gasteiger partial charge on any atom is -0.349 e. The van der Waals surface area contributed by atoms with Gasteiger partial charge in [-0.1, -0.05) is 18.2 Å². The van der Waals surface area contributed by atoms with Gasteiger partial charge in [-0.15, -0.1) is 0 Å². The highest BCUT2D eigenvalue weighted by molar-refractivity contribution is 6.02. The van der Waals surface area contributed by atoms with Crippen molar-refractivity contribution in [3.05, 3.63) is 75.3 Å². The highest BCUT2D eigenvalue weighted by Gasteiger charge is 2.23. The van der Waals surface area contributed by atoms with Crippen LogP contribution in [0.25, 0.3) is 6.08 Å². The first-order valence-corrected chi connectivity index (χ1v) is 8.57. The molecular weight excluding hydrogens is 346 g/mol. The summed E-state index contributed by atoms with van der Waals surface area (Å²) < 4.78 is 0. The number of anilines is 1. The van der Waals surface area contributed by atoms with Gasteiger partial charge in [0.15, 0.2) is 0 Å². The fraction of sp³-hybridized carbons (Fsp3) is 0.200. The minimum atomic E-state index is -0.508. The summed E-state index contributed by atoms with van der Waals surface area (Å²) in [5.41, 5.74) is 2.39. The third-order valence-corrected chi connectivity index (χ3v) is 4.20. The van der Waals surface area contributed by atoms with E-state index in [9.17, 15) is 19.7 Å². The summed E-state index contributed by atoms with van der Waals surface area (Å²) in [4.78, 5) is 34.4. The monoisotopic (exact) mass is 365 g/mol. The number of nitrogens with zero attached hydrogens (tertiary/aromatic N) is 1. The van der Waals surface area contributed by atoms with Gasteiger partial charge in [-0.25, -0.2) is 0 Å². The molecule has 0 aromatic heterocycles. The van der Waals surface area contributed by atoms with E-state index in [1.165, 1.54) is 18.2 Å². The van der Waals surface area contributed by atoms with Crippen molar-refractivity contribution in [3.8, 4) is 0 Å². The number of rotatable bonds is 6. The van der Waals surface area contributed by atoms with Gasteiger partial charge in [0.05, 0.1) is 10.6 Å². The van der Waals surface area contributed by atoms with Crippen molar-refractivity contribution >= 4 is 29.3 Å². The first-order valence-electron chi connectivity index (χ1n) is 8.57. The Balaban J connectivity index is 1.62. The molecule has 0 bridgehead atoms. The molecule has 0 radical (unpaired) electrons. The largest absolute Gasteiger partial charge is 0.349 e. The van der Waals surface area contributed by atoms with E-state index in [2.05, 4.69) is 10.6 Å². The van der Waals surface area contributed by atoms with Crippen LogP contribution in [0.5, 0.6) is 0 Å². The van der Waals surface area contributed by atoms with Crippen molar-refractivity contribution in [2.75, 3.05) is 5.32 Å². The van der Waals surface area contributed by atoms with Crippen molar-refractivity contribution in [2.24, 2.45) is 0 Å². The number of carbonyl (C=O) groups excluding carboxylic acids is 2. The molecule has 2 N–H and O–H groups in total. The Morgan fingerprint density at radius 2 is 1.85 bits per heavy atom. The van der Waals surface area contributed by atoms with E-state index in [0.717, 1.165) is 24.0 Å². The zero-order valence-corrected chi connectivity index (χ0v) is 14.8. The second-order valence-corrected chi connectivity index (χ2v) is 6.45. The van der Waals surface area contributed by atoms with Crippen LogP contribution in [-0.4, -0.2) is 22.8 Å². The number of hydrogen-bond donors (Lipinski definition) is 2. The van der Waals surface area contributed by atoms with Gasteiger partial charge in [0.2, 0.25) is 5.91 Å². The van der Waals surface area contributed by atoms with Crippen molar-refractivity contribution in [3.63, 3.8) is 0 Å². The molecule has 1 saturated carbocycles. The number of carbonyl (C=O) groups is 2. The quantitative estimate of drug-likeness (QED) is 0.465. The van der Waals surface area contributed by atoms with Crippen LogP contribution in [0, 0.1) is 17.0 Å². The summed E-state index contributed by atoms with van der Waals surface area (Å²) in [5, 5.41) is 16.4. The van der Waals surface area contributed by atoms with Crippen molar-refractivity contribution in [1.82, 2.24) is 5.32 Å². The predicted octanol–water partition coefficient (Wildman–Crippen LogP) is 3.45. The van der Waals surface area contributed by atoms with E-state index < -0.39 is 10.8 Å². The van der Waals surface area contributed by atoms with Crippen LogP contribution in [0.15, 0.2) is 48.5 Å². The van der Waals surface area contributed by atoms with Gasteiger partial charge in [-0.3, -0.25) is 19.7 Å². The molecule has 2 aromatic carbocycles. The fourth-order valence-electron chi connectivity index (χ4n) is 2.45. The molecule has 1 aliphatic carbocycles. The van der Waals surface area contributed by atoms with Crippen LogP contribution in [0.3, 0.4) is 0 Å². The van der Waals surface area contributed by atoms with Crippen LogP contribution in [-0.2, 0) is 4.79 Å². The standard InChI is InChI=1S/C20H19N3O4/c1-13-2-10-17(23(26)27)12-18(13)22-19(24)11-5-14-3-6-15(7-4-14)20(25)21-16-8-9-16/h2-7,10-12,16H,8-9H2,1H3,(H,21,25)(H,22,24)/b11-5+. The lowest BCUT2D eigenvalue weighted by molar-refractivity contribution is -0.384. The average molecular weight is 365 g/mol. The first kappa shape index (κ1) is 18.3. The van der Waals surface area contributed by atoms with Gasteiger partial charge < -0.3 is 10.6 Å². The Labute approximate surface area is 156 Å². The van der Waals surface area contributed by atoms with Gasteiger partial charge >= 0.3 is 0 Å². The molecule has 1 aliphatic rings. The smallest absolute Gasteiger partial charge is 0.271 e. The molecule has 0 aliphatic heterocycles. The lowest BCUT2D eigenvalue weighted by atomic mass is 10.1. The molecule has 0 heterocycles. The summed E-state index contributed by atoms with van der Waals surface area (Å²) in [6, 6.07) is 11.5. The lowest BCUT2D eigenvalue weighted by Crippen LogP contribution is -2.25. The van der Waals surface area contributed by atoms with E-state index in [1.54, 1.807) is 43.3 Å². The van der Waals surface area contributed by atoms with E-state index in [-0.39, 0.29) is 11.6 Å². The third-order valence-electron chi connectivity index (χ3n) is 4.20. The van der Waals surface area contributed by atoms with Crippen LogP contribution in [0.4, 0.5) is 11.4 Å². The lowest BCUT2D eigenvalue weighted by Gasteiger charge is -2.06. The van der Waals surface area contributed by atoms with Crippen LogP contribution < -0.4 is 10.6 Å². The van der Waals surface area contributed by atoms with Crippen molar-refractivity contribution in [1.29, 1.82) is 0 Å². The van der Waals surface area contributed by atoms with E-state index in [4.69, 9.17) is 0 Å². The molecule has 2 amide bonds. The summed E-state index contributed by atoms with van der Waals surface area (Å²) in [6.07, 6.45) is 5.03. The van der Waals surface area contributed by atoms with Gasteiger partial charge in [0.1, 0.15) is 0 Å². The molecule has 2 aromatic rings. The van der Waals surface area contributed by atoms with Crippen LogP contribution in [0.2, 0.25) is 0 Å². The van der Waals surface area contributed by atoms with Crippen molar-refractivity contribution in [2.45, 2.75) is 25.8 Å². The number of hydrogen-bond acceptors (Lipinski definition) is 4. The second-order valence-electron chi connectivity index (χ2n) is 6.45. The fourth-order valence-corrected chi connectivity index (χ4v) is 2.45. The molecule has 0 atom stereocenters. The number of nitro benzene ring substituents is 1. The van der Waals surface area contributed by atoms with E-state index >= 15 is 0 Å². The Morgan fingerprint density at radius 1 is 1.15 bits per heavy atom. The summed E-state index contributed by atoms with van der Waals surface area (Å²) >= 11 is 0. The Hall–Kier alpha value is -3.48. The summed E-state index contributed by atoms with van der Waals surface area (Å²) in [6.45, 7) is 1.76. The SMILES string of the molecule is Cc1ccc([N+](=O)[O-])cc1NC(=O)/C=C/c1ccc(C(=O)NC2CC2)cc1. The molecule has 0 saturated heterocycles. The molecule has 3 rings (SSSR count). The van der Waals surface area contributed by atoms with Gasteiger partial charge in [-0.05, 0) is 49.1 Å². The molecule has 7 nitrogen and oxygen atoms in total. The van der Waals surface area contributed by atoms with E-state index in [0.29, 0.717) is 17.3 Å². The number of non-ortho nitro benzene ring substituents is 1. The molecular formula is C20H19N3O4. The van der Waals surface area contributed by atoms with Gasteiger partial charge in [0, 0.05) is 29.8 Å². The summed E-state index contributed by atoms with van der Waals surface area (Å²) in [7, 11) is 0. The average Bonchev–Trinajstić information content (AvgIpc) is 3.46. The number of benzene rings is 2. The summed E-state index contributed by atoms with van der Waals surface area (Å²) in [5.74, 6) is -0.485. The molecule has 27 heavy (non-hydrogen) atoms. The van der Waals surface area contributed by atoms with Crippen LogP contribution in [0.1, 0.15) is 34.3 Å². The maximum atomic E-state index is 12.1. The zero-order valence-electron chi connectivity index (χ0n) is 14.8. The Kier molecular flexibility index (Phi) is 5.30. The topological polar surface area (TPSA) is 101 Å². The number of nitro groups is 1. The third kappa shape index (κ3) is 5.01. The normalized spacial score (nSPS) is 13.4. The molecule has 1 fully saturated rings. The predicted molar refractivity (Wildman–Crippen MR) is 102 cm³/mol. The minimum absolute atomic E-state index is 0.0834. The number of aryl methyl sites for hydroxylation is 1. The highest BCUT2D eigenvalue weighted by atomic mass is 16.6. The Morgan fingerprint density at radius 3 is 2.48 bits per heavy atom. The first-order chi connectivity index (χ1) is 12.9. The molecule has 7 heteroatoms. The number of nitrogens with one attached hydrogen (secondary N) is 2. The maximum Gasteiger partial charge on any atom is 0.271 e. The zero-order chi connectivity index (χ0) is 19.4. The maximum absolute atomic E-state index is 12.1. The van der Waals surface area contributed by atoms with Crippen molar-refractivity contribution < 1.29 is 14.5 Å². The molecule has 0 spiro atoms. The number of amides is 2. The molecule has 0 unspecified atom stereocenters. The highest BCUT2D eigenvalue weighted by Crippen LogP contribution is 2.22. The van der Waals surface area contributed by atoms with Gasteiger partial charge in [0.25, 0.3) is 11.6 Å². The Bertz CT molecular complexity index is 915. The second kappa shape index (κ2) is 7.82.